The number of hydrogen-bond acceptors (Lipinski definition) is 3. The van der Waals surface area contributed by atoms with Crippen molar-refractivity contribution in [2.24, 2.45) is 14.1 Å². The number of benzene rings is 2. The first-order valence-electron chi connectivity index (χ1n) is 8.54. The van der Waals surface area contributed by atoms with Crippen LogP contribution in [0.5, 0.6) is 0 Å². The average molecular weight is 352 g/mol. The summed E-state index contributed by atoms with van der Waals surface area (Å²) in [5, 5.41) is 3.03. The van der Waals surface area contributed by atoms with Crippen molar-refractivity contribution in [1.29, 1.82) is 0 Å². The molecule has 1 heterocycles. The van der Waals surface area contributed by atoms with E-state index in [-0.39, 0.29) is 17.5 Å². The van der Waals surface area contributed by atoms with Gasteiger partial charge < -0.3 is 10.2 Å². The van der Waals surface area contributed by atoms with Crippen LogP contribution in [0, 0.1) is 0 Å². The second kappa shape index (κ2) is 6.71. The summed E-state index contributed by atoms with van der Waals surface area (Å²) in [7, 11) is 7.31. The number of carbonyl (C=O) groups is 1. The van der Waals surface area contributed by atoms with E-state index in [4.69, 9.17) is 0 Å². The van der Waals surface area contributed by atoms with Crippen molar-refractivity contribution in [1.82, 2.24) is 9.13 Å². The summed E-state index contributed by atoms with van der Waals surface area (Å²) < 4.78 is 3.20. The number of nitrogens with one attached hydrogen (secondary N) is 1. The maximum atomic E-state index is 12.8. The Morgan fingerprint density at radius 1 is 1.04 bits per heavy atom. The molecule has 1 amide bonds. The number of imidazole rings is 1. The number of nitrogens with zero attached hydrogens (tertiary/aromatic N) is 3. The summed E-state index contributed by atoms with van der Waals surface area (Å²) in [4.78, 5) is 26.9. The molecular formula is C20H24N4O2. The Morgan fingerprint density at radius 3 is 2.19 bits per heavy atom. The zero-order valence-corrected chi connectivity index (χ0v) is 15.8. The van der Waals surface area contributed by atoms with Gasteiger partial charge in [-0.3, -0.25) is 13.9 Å². The quantitative estimate of drug-likeness (QED) is 0.785. The van der Waals surface area contributed by atoms with E-state index < -0.39 is 0 Å². The summed E-state index contributed by atoms with van der Waals surface area (Å²) in [5.41, 5.74) is 4.03. The van der Waals surface area contributed by atoms with Gasteiger partial charge in [-0.05, 0) is 24.6 Å². The SMILES string of the molecule is C[C@H](C(=O)Nc1cc2c(cc1N(C)C)n(C)c(=O)n2C)c1ccccc1. The summed E-state index contributed by atoms with van der Waals surface area (Å²) >= 11 is 0. The van der Waals surface area contributed by atoms with Gasteiger partial charge in [-0.15, -0.1) is 0 Å². The van der Waals surface area contributed by atoms with Crippen LogP contribution >= 0.6 is 0 Å². The summed E-state index contributed by atoms with van der Waals surface area (Å²) in [6.45, 7) is 1.89. The van der Waals surface area contributed by atoms with E-state index >= 15 is 0 Å². The van der Waals surface area contributed by atoms with Crippen molar-refractivity contribution in [3.63, 3.8) is 0 Å². The molecule has 0 bridgehead atoms. The third kappa shape index (κ3) is 2.98. The molecule has 3 rings (SSSR count). The van der Waals surface area contributed by atoms with E-state index in [2.05, 4.69) is 5.32 Å². The van der Waals surface area contributed by atoms with E-state index in [1.54, 1.807) is 23.2 Å². The van der Waals surface area contributed by atoms with E-state index in [1.807, 2.05) is 68.4 Å². The Kier molecular flexibility index (Phi) is 4.59. The molecular weight excluding hydrogens is 328 g/mol. The lowest BCUT2D eigenvalue weighted by Gasteiger charge is -2.20. The van der Waals surface area contributed by atoms with Gasteiger partial charge in [0.1, 0.15) is 0 Å². The standard InChI is InChI=1S/C20H24N4O2/c1-13(14-9-7-6-8-10-14)19(25)21-15-11-17-18(12-16(15)22(2)3)24(5)20(26)23(17)4/h6-13H,1-5H3,(H,21,25)/t13-/m0/s1. The minimum atomic E-state index is -0.276. The van der Waals surface area contributed by atoms with E-state index in [9.17, 15) is 9.59 Å². The van der Waals surface area contributed by atoms with Crippen LogP contribution in [0.2, 0.25) is 0 Å². The fourth-order valence-electron chi connectivity index (χ4n) is 3.14. The monoisotopic (exact) mass is 352 g/mol. The highest BCUT2D eigenvalue weighted by Gasteiger charge is 2.19. The number of hydrogen-bond donors (Lipinski definition) is 1. The van der Waals surface area contributed by atoms with Gasteiger partial charge in [0.15, 0.2) is 0 Å². The minimum absolute atomic E-state index is 0.0837. The highest BCUT2D eigenvalue weighted by molar-refractivity contribution is 6.01. The number of carbonyl (C=O) groups excluding carboxylic acids is 1. The largest absolute Gasteiger partial charge is 0.376 e. The van der Waals surface area contributed by atoms with Gasteiger partial charge in [0, 0.05) is 28.2 Å². The third-order valence-corrected chi connectivity index (χ3v) is 4.82. The highest BCUT2D eigenvalue weighted by atomic mass is 16.2. The van der Waals surface area contributed by atoms with E-state index in [0.29, 0.717) is 5.69 Å². The molecule has 1 atom stereocenters. The second-order valence-corrected chi connectivity index (χ2v) is 6.77. The smallest absolute Gasteiger partial charge is 0.328 e. The fourth-order valence-corrected chi connectivity index (χ4v) is 3.14. The molecule has 0 saturated carbocycles. The molecule has 1 N–H and O–H groups in total. The molecule has 0 saturated heterocycles. The van der Waals surface area contributed by atoms with Crippen molar-refractivity contribution >= 4 is 28.3 Å². The van der Waals surface area contributed by atoms with E-state index in [0.717, 1.165) is 22.3 Å². The van der Waals surface area contributed by atoms with Crippen molar-refractivity contribution in [2.75, 3.05) is 24.3 Å². The van der Waals surface area contributed by atoms with Crippen LogP contribution in [0.25, 0.3) is 11.0 Å². The Bertz CT molecular complexity index is 1020. The topological polar surface area (TPSA) is 59.3 Å². The van der Waals surface area contributed by atoms with Gasteiger partial charge in [0.05, 0.1) is 28.3 Å². The fraction of sp³-hybridized carbons (Fsp3) is 0.300. The lowest BCUT2D eigenvalue weighted by Crippen LogP contribution is -2.21. The molecule has 3 aromatic rings. The summed E-state index contributed by atoms with van der Waals surface area (Å²) in [6.07, 6.45) is 0. The van der Waals surface area contributed by atoms with Crippen LogP contribution in [-0.2, 0) is 18.9 Å². The molecule has 26 heavy (non-hydrogen) atoms. The van der Waals surface area contributed by atoms with Crippen molar-refractivity contribution in [2.45, 2.75) is 12.8 Å². The van der Waals surface area contributed by atoms with Crippen LogP contribution in [0.1, 0.15) is 18.4 Å². The third-order valence-electron chi connectivity index (χ3n) is 4.82. The van der Waals surface area contributed by atoms with Gasteiger partial charge >= 0.3 is 5.69 Å². The van der Waals surface area contributed by atoms with Crippen LogP contribution < -0.4 is 15.9 Å². The number of anilines is 2. The maximum Gasteiger partial charge on any atom is 0.328 e. The second-order valence-electron chi connectivity index (χ2n) is 6.77. The molecule has 136 valence electrons. The molecule has 0 aliphatic heterocycles. The molecule has 6 heteroatoms. The number of fused-ring (bicyclic) bond motifs is 1. The van der Waals surface area contributed by atoms with Gasteiger partial charge in [0.2, 0.25) is 5.91 Å². The molecule has 2 aromatic carbocycles. The average Bonchev–Trinajstić information content (AvgIpc) is 2.85. The molecule has 0 aliphatic rings. The number of aryl methyl sites for hydroxylation is 2. The lowest BCUT2D eigenvalue weighted by molar-refractivity contribution is -0.117. The Balaban J connectivity index is 2.03. The molecule has 0 radical (unpaired) electrons. The lowest BCUT2D eigenvalue weighted by atomic mass is 10.0. The van der Waals surface area contributed by atoms with Crippen LogP contribution in [0.15, 0.2) is 47.3 Å². The Hall–Kier alpha value is -3.02. The first kappa shape index (κ1) is 17.8. The van der Waals surface area contributed by atoms with E-state index in [1.165, 1.54) is 0 Å². The highest BCUT2D eigenvalue weighted by Crippen LogP contribution is 2.30. The van der Waals surface area contributed by atoms with Gasteiger partial charge in [0.25, 0.3) is 0 Å². The van der Waals surface area contributed by atoms with Crippen molar-refractivity contribution in [3.8, 4) is 0 Å². The molecule has 0 unspecified atom stereocenters. The van der Waals surface area contributed by atoms with Crippen LogP contribution in [0.4, 0.5) is 11.4 Å². The molecule has 0 fully saturated rings. The Labute approximate surface area is 152 Å². The molecule has 6 nitrogen and oxygen atoms in total. The van der Waals surface area contributed by atoms with Crippen molar-refractivity contribution < 1.29 is 4.79 Å². The molecule has 1 aromatic heterocycles. The Morgan fingerprint density at radius 2 is 1.62 bits per heavy atom. The predicted molar refractivity (Wildman–Crippen MR) is 106 cm³/mol. The zero-order valence-electron chi connectivity index (χ0n) is 15.8. The van der Waals surface area contributed by atoms with Crippen LogP contribution in [-0.4, -0.2) is 29.1 Å². The van der Waals surface area contributed by atoms with Crippen molar-refractivity contribution in [3.05, 3.63) is 58.5 Å². The van der Waals surface area contributed by atoms with Gasteiger partial charge in [-0.2, -0.15) is 0 Å². The number of amides is 1. The molecule has 0 aliphatic carbocycles. The van der Waals surface area contributed by atoms with Gasteiger partial charge in [-0.1, -0.05) is 30.3 Å². The normalized spacial score (nSPS) is 12.2. The maximum absolute atomic E-state index is 12.8. The first-order chi connectivity index (χ1) is 12.3. The number of rotatable bonds is 4. The zero-order chi connectivity index (χ0) is 19.0. The minimum Gasteiger partial charge on any atom is -0.376 e. The summed E-state index contributed by atoms with van der Waals surface area (Å²) in [6, 6.07) is 13.5. The predicted octanol–water partition coefficient (Wildman–Crippen LogP) is 2.69. The first-order valence-corrected chi connectivity index (χ1v) is 8.54. The van der Waals surface area contributed by atoms with Gasteiger partial charge in [-0.25, -0.2) is 4.79 Å². The van der Waals surface area contributed by atoms with Crippen LogP contribution in [0.3, 0.4) is 0 Å². The summed E-state index contributed by atoms with van der Waals surface area (Å²) in [5.74, 6) is -0.360. The number of aromatic nitrogens is 2. The molecule has 0 spiro atoms.